The van der Waals surface area contributed by atoms with E-state index in [1.807, 2.05) is 0 Å². The van der Waals surface area contributed by atoms with E-state index in [-0.39, 0.29) is 17.4 Å². The third-order valence-electron chi connectivity index (χ3n) is 4.01. The molecule has 0 radical (unpaired) electrons. The van der Waals surface area contributed by atoms with Gasteiger partial charge in [0.25, 0.3) is 0 Å². The molecular weight excluding hydrogens is 268 g/mol. The van der Waals surface area contributed by atoms with Crippen molar-refractivity contribution in [2.24, 2.45) is 5.41 Å². The minimum atomic E-state index is 0.0469. The summed E-state index contributed by atoms with van der Waals surface area (Å²) >= 11 is 3.45. The number of aliphatic hydroxyl groups is 1. The molecule has 0 unspecified atom stereocenters. The molecule has 0 aromatic heterocycles. The summed E-state index contributed by atoms with van der Waals surface area (Å²) in [5.41, 5.74) is 1.56. The van der Waals surface area contributed by atoms with Gasteiger partial charge in [0.05, 0.1) is 19.8 Å². The van der Waals surface area contributed by atoms with Crippen molar-refractivity contribution >= 4 is 15.9 Å². The third kappa shape index (κ3) is 1.45. The van der Waals surface area contributed by atoms with Gasteiger partial charge in [-0.1, -0.05) is 28.1 Å². The lowest BCUT2D eigenvalue weighted by Gasteiger charge is -2.59. The highest BCUT2D eigenvalue weighted by Gasteiger charge is 2.58. The Balaban J connectivity index is 1.88. The van der Waals surface area contributed by atoms with Gasteiger partial charge in [-0.2, -0.15) is 0 Å². The summed E-state index contributed by atoms with van der Waals surface area (Å²) in [6, 6.07) is 8.50. The SMILES string of the molecule is OCC12COCC(c3ccc(Br)cc3)(C1)C2. The van der Waals surface area contributed by atoms with Crippen molar-refractivity contribution in [3.8, 4) is 0 Å². The molecule has 2 aliphatic heterocycles. The largest absolute Gasteiger partial charge is 0.396 e. The van der Waals surface area contributed by atoms with Gasteiger partial charge in [0.2, 0.25) is 0 Å². The fourth-order valence-corrected chi connectivity index (χ4v) is 3.56. The van der Waals surface area contributed by atoms with Gasteiger partial charge >= 0.3 is 0 Å². The highest BCUT2D eigenvalue weighted by molar-refractivity contribution is 9.10. The maximum atomic E-state index is 9.41. The smallest absolute Gasteiger partial charge is 0.0563 e. The monoisotopic (exact) mass is 282 g/mol. The minimum absolute atomic E-state index is 0.0469. The Morgan fingerprint density at radius 1 is 1.19 bits per heavy atom. The number of fused-ring (bicyclic) bond motifs is 2. The molecule has 3 aliphatic rings. The zero-order valence-corrected chi connectivity index (χ0v) is 10.7. The van der Waals surface area contributed by atoms with E-state index in [1.54, 1.807) is 0 Å². The van der Waals surface area contributed by atoms with E-state index >= 15 is 0 Å². The number of aliphatic hydroxyl groups excluding tert-OH is 1. The minimum Gasteiger partial charge on any atom is -0.396 e. The maximum absolute atomic E-state index is 9.41. The summed E-state index contributed by atoms with van der Waals surface area (Å²) in [5.74, 6) is 0. The van der Waals surface area contributed by atoms with E-state index in [1.165, 1.54) is 5.56 Å². The van der Waals surface area contributed by atoms with Crippen molar-refractivity contribution in [2.45, 2.75) is 18.3 Å². The van der Waals surface area contributed by atoms with Crippen molar-refractivity contribution in [1.82, 2.24) is 0 Å². The highest BCUT2D eigenvalue weighted by Crippen LogP contribution is 2.58. The quantitative estimate of drug-likeness (QED) is 0.903. The van der Waals surface area contributed by atoms with Gasteiger partial charge in [0.15, 0.2) is 0 Å². The fourth-order valence-electron chi connectivity index (χ4n) is 3.30. The molecule has 2 nitrogen and oxygen atoms in total. The lowest BCUT2D eigenvalue weighted by Crippen LogP contribution is -2.60. The van der Waals surface area contributed by atoms with Gasteiger partial charge in [-0.05, 0) is 30.5 Å². The average molecular weight is 283 g/mol. The van der Waals surface area contributed by atoms with Crippen LogP contribution in [0.4, 0.5) is 0 Å². The van der Waals surface area contributed by atoms with Crippen LogP contribution in [-0.4, -0.2) is 24.9 Å². The van der Waals surface area contributed by atoms with Crippen LogP contribution in [0.25, 0.3) is 0 Å². The average Bonchev–Trinajstić information content (AvgIpc) is 2.29. The number of hydrogen-bond donors (Lipinski definition) is 1. The molecule has 1 saturated carbocycles. The summed E-state index contributed by atoms with van der Waals surface area (Å²) in [6.45, 7) is 1.78. The molecule has 4 rings (SSSR count). The summed E-state index contributed by atoms with van der Waals surface area (Å²) in [5, 5.41) is 9.41. The second kappa shape index (κ2) is 3.56. The number of ether oxygens (including phenoxy) is 1. The molecule has 1 aliphatic carbocycles. The molecular formula is C13H15BrO2. The summed E-state index contributed by atoms with van der Waals surface area (Å²) in [6.07, 6.45) is 2.14. The molecule has 3 heteroatoms. The predicted octanol–water partition coefficient (Wildman–Crippen LogP) is 2.49. The zero-order valence-electron chi connectivity index (χ0n) is 9.08. The number of benzene rings is 1. The van der Waals surface area contributed by atoms with E-state index in [9.17, 15) is 5.11 Å². The molecule has 2 bridgehead atoms. The second-order valence-corrected chi connectivity index (χ2v) is 6.21. The van der Waals surface area contributed by atoms with E-state index in [0.29, 0.717) is 0 Å². The van der Waals surface area contributed by atoms with Crippen molar-refractivity contribution in [3.05, 3.63) is 34.3 Å². The van der Waals surface area contributed by atoms with Gasteiger partial charge in [-0.3, -0.25) is 0 Å². The van der Waals surface area contributed by atoms with E-state index < -0.39 is 0 Å². The van der Waals surface area contributed by atoms with E-state index in [4.69, 9.17) is 4.74 Å². The van der Waals surface area contributed by atoms with Crippen molar-refractivity contribution in [2.75, 3.05) is 19.8 Å². The van der Waals surface area contributed by atoms with Crippen LogP contribution >= 0.6 is 15.9 Å². The van der Waals surface area contributed by atoms with Crippen LogP contribution in [0.5, 0.6) is 0 Å². The Labute approximate surface area is 104 Å². The van der Waals surface area contributed by atoms with Crippen LogP contribution in [0.15, 0.2) is 28.7 Å². The van der Waals surface area contributed by atoms with Crippen molar-refractivity contribution in [1.29, 1.82) is 0 Å². The Hall–Kier alpha value is -0.380. The lowest BCUT2D eigenvalue weighted by atomic mass is 9.50. The normalized spacial score (nSPS) is 36.9. The third-order valence-corrected chi connectivity index (χ3v) is 4.53. The number of hydrogen-bond acceptors (Lipinski definition) is 2. The first-order valence-electron chi connectivity index (χ1n) is 5.63. The number of halogens is 1. The maximum Gasteiger partial charge on any atom is 0.0563 e. The topological polar surface area (TPSA) is 29.5 Å². The summed E-state index contributed by atoms with van der Waals surface area (Å²) < 4.78 is 6.75. The van der Waals surface area contributed by atoms with E-state index in [2.05, 4.69) is 40.2 Å². The van der Waals surface area contributed by atoms with Crippen LogP contribution in [0.1, 0.15) is 18.4 Å². The molecule has 1 aromatic rings. The lowest BCUT2D eigenvalue weighted by molar-refractivity contribution is -0.170. The highest BCUT2D eigenvalue weighted by atomic mass is 79.9. The fraction of sp³-hybridized carbons (Fsp3) is 0.538. The Kier molecular flexibility index (Phi) is 2.39. The van der Waals surface area contributed by atoms with Crippen molar-refractivity contribution in [3.63, 3.8) is 0 Å². The molecule has 0 amide bonds. The first-order valence-corrected chi connectivity index (χ1v) is 6.42. The first kappa shape index (κ1) is 10.8. The molecule has 1 N–H and O–H groups in total. The van der Waals surface area contributed by atoms with Crippen LogP contribution in [0.3, 0.4) is 0 Å². The first-order chi connectivity index (χ1) is 7.68. The van der Waals surface area contributed by atoms with Crippen LogP contribution in [-0.2, 0) is 10.2 Å². The van der Waals surface area contributed by atoms with Gasteiger partial charge in [-0.15, -0.1) is 0 Å². The molecule has 2 saturated heterocycles. The van der Waals surface area contributed by atoms with Crippen LogP contribution in [0.2, 0.25) is 0 Å². The Morgan fingerprint density at radius 2 is 1.88 bits per heavy atom. The van der Waals surface area contributed by atoms with Crippen LogP contribution < -0.4 is 0 Å². The van der Waals surface area contributed by atoms with Gasteiger partial charge in [0, 0.05) is 15.3 Å². The number of rotatable bonds is 2. The van der Waals surface area contributed by atoms with Gasteiger partial charge in [-0.25, -0.2) is 0 Å². The Bertz CT molecular complexity index is 393. The van der Waals surface area contributed by atoms with Gasteiger partial charge in [0.1, 0.15) is 0 Å². The zero-order chi connectivity index (χ0) is 11.2. The molecule has 0 spiro atoms. The molecule has 3 fully saturated rings. The molecule has 1 aromatic carbocycles. The summed E-state index contributed by atoms with van der Waals surface area (Å²) in [7, 11) is 0. The molecule has 16 heavy (non-hydrogen) atoms. The van der Waals surface area contributed by atoms with Crippen molar-refractivity contribution < 1.29 is 9.84 Å². The Morgan fingerprint density at radius 3 is 2.50 bits per heavy atom. The second-order valence-electron chi connectivity index (χ2n) is 5.29. The van der Waals surface area contributed by atoms with E-state index in [0.717, 1.165) is 30.5 Å². The molecule has 86 valence electrons. The van der Waals surface area contributed by atoms with Gasteiger partial charge < -0.3 is 9.84 Å². The predicted molar refractivity (Wildman–Crippen MR) is 65.4 cm³/mol. The summed E-state index contributed by atoms with van der Waals surface area (Å²) in [4.78, 5) is 0. The molecule has 2 heterocycles. The van der Waals surface area contributed by atoms with Crippen LogP contribution in [0, 0.1) is 5.41 Å². The standard InChI is InChI=1S/C13H15BrO2/c14-11-3-1-10(2-4-11)13-5-12(6-13,7-15)8-16-9-13/h1-4,15H,5-9H2. The molecule has 0 atom stereocenters.